The molecule has 1 aliphatic rings. The molecule has 110 valence electrons. The van der Waals surface area contributed by atoms with Gasteiger partial charge < -0.3 is 10.1 Å². The van der Waals surface area contributed by atoms with Crippen molar-refractivity contribution in [3.63, 3.8) is 0 Å². The molecule has 21 heavy (non-hydrogen) atoms. The largest absolute Gasteiger partial charge is 0.489 e. The standard InChI is InChI=1S/C18H20ClNO/c1-20-18-4-2-3-14-11-16(9-10-17(14)18)21-12-13-5-7-15(19)8-6-13/h5-11,18,20H,2-4,12H2,1H3. The number of aryl methyl sites for hydroxylation is 1. The van der Waals surface area contributed by atoms with Crippen LogP contribution in [0.1, 0.15) is 35.6 Å². The van der Waals surface area contributed by atoms with E-state index in [4.69, 9.17) is 16.3 Å². The summed E-state index contributed by atoms with van der Waals surface area (Å²) in [5, 5.41) is 4.14. The maximum Gasteiger partial charge on any atom is 0.120 e. The first-order chi connectivity index (χ1) is 10.3. The first-order valence-corrected chi connectivity index (χ1v) is 7.81. The molecule has 0 aliphatic heterocycles. The number of rotatable bonds is 4. The van der Waals surface area contributed by atoms with E-state index in [9.17, 15) is 0 Å². The minimum atomic E-state index is 0.485. The number of hydrogen-bond donors (Lipinski definition) is 1. The summed E-state index contributed by atoms with van der Waals surface area (Å²) in [6.07, 6.45) is 3.60. The SMILES string of the molecule is CNC1CCCc2cc(OCc3ccc(Cl)cc3)ccc21. The molecule has 2 nitrogen and oxygen atoms in total. The lowest BCUT2D eigenvalue weighted by Crippen LogP contribution is -2.21. The third-order valence-electron chi connectivity index (χ3n) is 4.10. The van der Waals surface area contributed by atoms with Gasteiger partial charge in [-0.25, -0.2) is 0 Å². The summed E-state index contributed by atoms with van der Waals surface area (Å²) in [6.45, 7) is 0.575. The summed E-state index contributed by atoms with van der Waals surface area (Å²) in [7, 11) is 2.03. The highest BCUT2D eigenvalue weighted by molar-refractivity contribution is 6.30. The Kier molecular flexibility index (Phi) is 4.47. The van der Waals surface area contributed by atoms with Gasteiger partial charge in [0.1, 0.15) is 12.4 Å². The van der Waals surface area contributed by atoms with Gasteiger partial charge in [0.2, 0.25) is 0 Å². The molecule has 0 fully saturated rings. The van der Waals surface area contributed by atoms with Crippen LogP contribution in [0.5, 0.6) is 5.75 Å². The molecule has 0 radical (unpaired) electrons. The second kappa shape index (κ2) is 6.50. The highest BCUT2D eigenvalue weighted by atomic mass is 35.5. The number of hydrogen-bond acceptors (Lipinski definition) is 2. The Morgan fingerprint density at radius 2 is 2.00 bits per heavy atom. The molecule has 0 heterocycles. The van der Waals surface area contributed by atoms with Gasteiger partial charge in [0.25, 0.3) is 0 Å². The normalized spacial score (nSPS) is 17.3. The van der Waals surface area contributed by atoms with E-state index in [0.29, 0.717) is 12.6 Å². The number of ether oxygens (including phenoxy) is 1. The zero-order chi connectivity index (χ0) is 14.7. The highest BCUT2D eigenvalue weighted by Crippen LogP contribution is 2.32. The van der Waals surface area contributed by atoms with Crippen LogP contribution in [0, 0.1) is 0 Å². The van der Waals surface area contributed by atoms with Crippen LogP contribution in [0.15, 0.2) is 42.5 Å². The molecule has 0 spiro atoms. The van der Waals surface area contributed by atoms with Gasteiger partial charge in [-0.05, 0) is 67.3 Å². The quantitative estimate of drug-likeness (QED) is 0.897. The molecule has 3 rings (SSSR count). The highest BCUT2D eigenvalue weighted by Gasteiger charge is 2.18. The Bertz CT molecular complexity index is 609. The number of fused-ring (bicyclic) bond motifs is 1. The van der Waals surface area contributed by atoms with Crippen molar-refractivity contribution in [1.82, 2.24) is 5.32 Å². The molecule has 0 amide bonds. The van der Waals surface area contributed by atoms with Gasteiger partial charge in [-0.15, -0.1) is 0 Å². The molecule has 3 heteroatoms. The van der Waals surface area contributed by atoms with Crippen molar-refractivity contribution in [2.24, 2.45) is 0 Å². The van der Waals surface area contributed by atoms with Crippen molar-refractivity contribution in [3.8, 4) is 5.75 Å². The molecule has 0 bridgehead atoms. The van der Waals surface area contributed by atoms with Gasteiger partial charge in [0.15, 0.2) is 0 Å². The van der Waals surface area contributed by atoms with Gasteiger partial charge >= 0.3 is 0 Å². The van der Waals surface area contributed by atoms with Crippen LogP contribution in [-0.2, 0) is 13.0 Å². The Balaban J connectivity index is 1.70. The monoisotopic (exact) mass is 301 g/mol. The van der Waals surface area contributed by atoms with Crippen molar-refractivity contribution in [2.45, 2.75) is 31.9 Å². The molecule has 2 aromatic rings. The molecule has 0 saturated carbocycles. The van der Waals surface area contributed by atoms with Gasteiger partial charge in [0, 0.05) is 11.1 Å². The summed E-state index contributed by atoms with van der Waals surface area (Å²) in [5.41, 5.74) is 3.96. The fourth-order valence-corrected chi connectivity index (χ4v) is 3.05. The number of halogens is 1. The predicted octanol–water partition coefficient (Wildman–Crippen LogP) is 4.52. The zero-order valence-corrected chi connectivity index (χ0v) is 13.0. The smallest absolute Gasteiger partial charge is 0.120 e. The van der Waals surface area contributed by atoms with Gasteiger partial charge in [-0.2, -0.15) is 0 Å². The second-order valence-corrected chi connectivity index (χ2v) is 5.95. The summed E-state index contributed by atoms with van der Waals surface area (Å²) in [6, 6.07) is 14.7. The van der Waals surface area contributed by atoms with E-state index in [1.54, 1.807) is 0 Å². The Morgan fingerprint density at radius 1 is 1.19 bits per heavy atom. The van der Waals surface area contributed by atoms with Crippen LogP contribution < -0.4 is 10.1 Å². The Hall–Kier alpha value is -1.51. The minimum Gasteiger partial charge on any atom is -0.489 e. The van der Waals surface area contributed by atoms with E-state index in [-0.39, 0.29) is 0 Å². The topological polar surface area (TPSA) is 21.3 Å². The van der Waals surface area contributed by atoms with Crippen LogP contribution >= 0.6 is 11.6 Å². The lowest BCUT2D eigenvalue weighted by atomic mass is 9.87. The first-order valence-electron chi connectivity index (χ1n) is 7.43. The molecule has 2 aromatic carbocycles. The average Bonchev–Trinajstić information content (AvgIpc) is 2.53. The van der Waals surface area contributed by atoms with Crippen molar-refractivity contribution in [2.75, 3.05) is 7.05 Å². The van der Waals surface area contributed by atoms with Gasteiger partial charge in [-0.3, -0.25) is 0 Å². The van der Waals surface area contributed by atoms with E-state index in [0.717, 1.165) is 22.8 Å². The third-order valence-corrected chi connectivity index (χ3v) is 4.35. The number of benzene rings is 2. The number of nitrogens with one attached hydrogen (secondary N) is 1. The first kappa shape index (κ1) is 14.4. The molecular formula is C18H20ClNO. The van der Waals surface area contributed by atoms with Crippen molar-refractivity contribution in [1.29, 1.82) is 0 Å². The van der Waals surface area contributed by atoms with Gasteiger partial charge in [-0.1, -0.05) is 29.8 Å². The van der Waals surface area contributed by atoms with E-state index >= 15 is 0 Å². The van der Waals surface area contributed by atoms with Gasteiger partial charge in [0.05, 0.1) is 0 Å². The average molecular weight is 302 g/mol. The van der Waals surface area contributed by atoms with Crippen LogP contribution in [0.25, 0.3) is 0 Å². The Labute approximate surface area is 131 Å². The summed E-state index contributed by atoms with van der Waals surface area (Å²) < 4.78 is 5.90. The molecule has 0 saturated heterocycles. The minimum absolute atomic E-state index is 0.485. The van der Waals surface area contributed by atoms with E-state index < -0.39 is 0 Å². The van der Waals surface area contributed by atoms with Crippen molar-refractivity contribution >= 4 is 11.6 Å². The molecule has 1 aliphatic carbocycles. The van der Waals surface area contributed by atoms with E-state index in [1.807, 2.05) is 31.3 Å². The van der Waals surface area contributed by atoms with Crippen LogP contribution in [0.3, 0.4) is 0 Å². The molecule has 1 unspecified atom stereocenters. The zero-order valence-electron chi connectivity index (χ0n) is 12.2. The summed E-state index contributed by atoms with van der Waals surface area (Å²) >= 11 is 5.89. The predicted molar refractivity (Wildman–Crippen MR) is 87.0 cm³/mol. The summed E-state index contributed by atoms with van der Waals surface area (Å²) in [4.78, 5) is 0. The maximum atomic E-state index is 5.90. The van der Waals surface area contributed by atoms with E-state index in [2.05, 4.69) is 23.5 Å². The Morgan fingerprint density at radius 3 is 2.76 bits per heavy atom. The van der Waals surface area contributed by atoms with Crippen LogP contribution in [0.2, 0.25) is 5.02 Å². The maximum absolute atomic E-state index is 5.90. The third kappa shape index (κ3) is 3.39. The van der Waals surface area contributed by atoms with Crippen LogP contribution in [0.4, 0.5) is 0 Å². The van der Waals surface area contributed by atoms with Crippen molar-refractivity contribution in [3.05, 3.63) is 64.2 Å². The molecule has 1 atom stereocenters. The lowest BCUT2D eigenvalue weighted by Gasteiger charge is -2.25. The fourth-order valence-electron chi connectivity index (χ4n) is 2.93. The lowest BCUT2D eigenvalue weighted by molar-refractivity contribution is 0.305. The summed E-state index contributed by atoms with van der Waals surface area (Å²) in [5.74, 6) is 0.945. The second-order valence-electron chi connectivity index (χ2n) is 5.51. The molecular weight excluding hydrogens is 282 g/mol. The van der Waals surface area contributed by atoms with Crippen LogP contribution in [-0.4, -0.2) is 7.05 Å². The van der Waals surface area contributed by atoms with E-state index in [1.165, 1.54) is 24.0 Å². The fraction of sp³-hybridized carbons (Fsp3) is 0.333. The molecule has 0 aromatic heterocycles. The molecule has 1 N–H and O–H groups in total. The van der Waals surface area contributed by atoms with Crippen molar-refractivity contribution < 1.29 is 4.74 Å².